The van der Waals surface area contributed by atoms with Crippen molar-refractivity contribution in [3.63, 3.8) is 0 Å². The monoisotopic (exact) mass is 459 g/mol. The Morgan fingerprint density at radius 3 is 1.47 bits per heavy atom. The van der Waals surface area contributed by atoms with Gasteiger partial charge in [0.25, 0.3) is 0 Å². The van der Waals surface area contributed by atoms with Crippen LogP contribution < -0.4 is 10.9 Å². The average molecular weight is 460 g/mol. The summed E-state index contributed by atoms with van der Waals surface area (Å²) in [4.78, 5) is 27.5. The van der Waals surface area contributed by atoms with Crippen LogP contribution in [0.1, 0.15) is 57.1 Å². The third-order valence-electron chi connectivity index (χ3n) is 5.19. The Morgan fingerprint density at radius 2 is 1.09 bits per heavy atom. The first-order valence-electron chi connectivity index (χ1n) is 10.4. The van der Waals surface area contributed by atoms with Crippen molar-refractivity contribution in [3.05, 3.63) is 88.2 Å². The number of pyridine rings is 1. The van der Waals surface area contributed by atoms with Crippen molar-refractivity contribution in [1.82, 2.24) is 4.98 Å². The lowest BCUT2D eigenvalue weighted by atomic mass is 10.0. The second kappa shape index (κ2) is 10.4. The highest BCUT2D eigenvalue weighted by Gasteiger charge is 2.13. The molecule has 4 N–H and O–H groups in total. The summed E-state index contributed by atoms with van der Waals surface area (Å²) in [5.41, 5.74) is 10.9. The molecule has 3 rings (SSSR count). The molecule has 0 spiro atoms. The standard InChI is InChI=1S/C25H25N5O4/c1-14-20(16(3)27-29-22-11-7-5-9-18(22)24(31)32)13-21(15(2)26-14)17(4)28-30-23-12-8-6-10-19(23)25(33)34/h5-13,29-30H,1-4H3,(H,31,32)(H,33,34)/b27-16+,28-17+. The van der Waals surface area contributed by atoms with Gasteiger partial charge in [-0.05, 0) is 58.0 Å². The van der Waals surface area contributed by atoms with Crippen LogP contribution in [0.5, 0.6) is 0 Å². The third-order valence-corrected chi connectivity index (χ3v) is 5.19. The van der Waals surface area contributed by atoms with Crippen molar-refractivity contribution in [2.75, 3.05) is 10.9 Å². The number of hydrazone groups is 2. The smallest absolute Gasteiger partial charge is 0.337 e. The molecule has 0 atom stereocenters. The number of para-hydroxylation sites is 2. The number of hydrogen-bond donors (Lipinski definition) is 4. The lowest BCUT2D eigenvalue weighted by molar-refractivity contribution is 0.0687. The van der Waals surface area contributed by atoms with Crippen molar-refractivity contribution < 1.29 is 19.8 Å². The summed E-state index contributed by atoms with van der Waals surface area (Å²) < 4.78 is 0. The van der Waals surface area contributed by atoms with Gasteiger partial charge >= 0.3 is 11.9 Å². The van der Waals surface area contributed by atoms with Crippen LogP contribution in [0.3, 0.4) is 0 Å². The normalized spacial score (nSPS) is 11.8. The molecular formula is C25H25N5O4. The topological polar surface area (TPSA) is 136 Å². The van der Waals surface area contributed by atoms with E-state index in [0.29, 0.717) is 22.8 Å². The molecular weight excluding hydrogens is 434 g/mol. The fourth-order valence-corrected chi connectivity index (χ4v) is 3.40. The molecule has 34 heavy (non-hydrogen) atoms. The molecule has 174 valence electrons. The number of carboxylic acids is 2. The number of benzene rings is 2. The van der Waals surface area contributed by atoms with Gasteiger partial charge in [-0.3, -0.25) is 15.8 Å². The average Bonchev–Trinajstić information content (AvgIpc) is 2.81. The fraction of sp³-hybridized carbons (Fsp3) is 0.160. The van der Waals surface area contributed by atoms with Gasteiger partial charge in [-0.2, -0.15) is 10.2 Å². The van der Waals surface area contributed by atoms with E-state index in [1.807, 2.05) is 19.9 Å². The van der Waals surface area contributed by atoms with Gasteiger partial charge in [0.2, 0.25) is 0 Å². The van der Waals surface area contributed by atoms with Gasteiger partial charge in [-0.25, -0.2) is 9.59 Å². The maximum Gasteiger partial charge on any atom is 0.337 e. The van der Waals surface area contributed by atoms with Gasteiger partial charge in [-0.1, -0.05) is 24.3 Å². The predicted molar refractivity (Wildman–Crippen MR) is 132 cm³/mol. The Bertz CT molecular complexity index is 1220. The highest BCUT2D eigenvalue weighted by Crippen LogP contribution is 2.19. The molecule has 0 aliphatic heterocycles. The minimum absolute atomic E-state index is 0.120. The van der Waals surface area contributed by atoms with Crippen LogP contribution >= 0.6 is 0 Å². The Kier molecular flexibility index (Phi) is 7.37. The molecule has 9 heteroatoms. The summed E-state index contributed by atoms with van der Waals surface area (Å²) in [5.74, 6) is -2.09. The molecule has 0 aliphatic rings. The largest absolute Gasteiger partial charge is 0.478 e. The lowest BCUT2D eigenvalue weighted by Gasteiger charge is -2.13. The summed E-state index contributed by atoms with van der Waals surface area (Å²) in [6.07, 6.45) is 0. The SMILES string of the molecule is C/C(=N\Nc1ccccc1C(=O)O)c1cc(/C(C)=N/Nc2ccccc2C(=O)O)c(C)nc1C. The van der Waals surface area contributed by atoms with Gasteiger partial charge in [0.1, 0.15) is 0 Å². The van der Waals surface area contributed by atoms with E-state index < -0.39 is 11.9 Å². The number of aromatic nitrogens is 1. The number of hydrogen-bond acceptors (Lipinski definition) is 7. The van der Waals surface area contributed by atoms with Gasteiger partial charge in [0.15, 0.2) is 0 Å². The van der Waals surface area contributed by atoms with Crippen molar-refractivity contribution in [2.24, 2.45) is 10.2 Å². The van der Waals surface area contributed by atoms with Crippen molar-refractivity contribution in [3.8, 4) is 0 Å². The Labute approximate surface area is 196 Å². The minimum Gasteiger partial charge on any atom is -0.478 e. The van der Waals surface area contributed by atoms with E-state index in [2.05, 4.69) is 26.0 Å². The van der Waals surface area contributed by atoms with Crippen LogP contribution in [0.25, 0.3) is 0 Å². The maximum atomic E-state index is 11.4. The van der Waals surface area contributed by atoms with Crippen LogP contribution in [-0.2, 0) is 0 Å². The lowest BCUT2D eigenvalue weighted by Crippen LogP contribution is -2.11. The summed E-state index contributed by atoms with van der Waals surface area (Å²) >= 11 is 0. The zero-order valence-electron chi connectivity index (χ0n) is 19.2. The van der Waals surface area contributed by atoms with Gasteiger partial charge in [0, 0.05) is 22.5 Å². The second-order valence-electron chi connectivity index (χ2n) is 7.57. The van der Waals surface area contributed by atoms with E-state index in [-0.39, 0.29) is 11.1 Å². The minimum atomic E-state index is -1.05. The Hall–Kier alpha value is -4.53. The molecule has 0 saturated carbocycles. The quantitative estimate of drug-likeness (QED) is 0.281. The van der Waals surface area contributed by atoms with E-state index in [9.17, 15) is 19.8 Å². The molecule has 0 unspecified atom stereocenters. The molecule has 0 radical (unpaired) electrons. The molecule has 0 amide bonds. The molecule has 0 fully saturated rings. The highest BCUT2D eigenvalue weighted by atomic mass is 16.4. The van der Waals surface area contributed by atoms with E-state index in [1.165, 1.54) is 12.1 Å². The van der Waals surface area contributed by atoms with E-state index in [1.54, 1.807) is 50.2 Å². The zero-order chi connectivity index (χ0) is 24.8. The number of rotatable bonds is 8. The summed E-state index contributed by atoms with van der Waals surface area (Å²) in [7, 11) is 0. The number of nitrogens with zero attached hydrogens (tertiary/aromatic N) is 3. The number of nitrogens with one attached hydrogen (secondary N) is 2. The molecule has 1 aromatic heterocycles. The summed E-state index contributed by atoms with van der Waals surface area (Å²) in [6, 6.07) is 14.9. The first-order valence-corrected chi connectivity index (χ1v) is 10.4. The first-order chi connectivity index (χ1) is 16.2. The predicted octanol–water partition coefficient (Wildman–Crippen LogP) is 4.77. The first kappa shape index (κ1) is 24.1. The Balaban J connectivity index is 1.90. The molecule has 1 heterocycles. The van der Waals surface area contributed by atoms with Crippen molar-refractivity contribution in [2.45, 2.75) is 27.7 Å². The summed E-state index contributed by atoms with van der Waals surface area (Å²) in [5, 5.41) is 27.4. The number of aryl methyl sites for hydroxylation is 2. The molecule has 9 nitrogen and oxygen atoms in total. The number of anilines is 2. The van der Waals surface area contributed by atoms with Crippen LogP contribution in [0, 0.1) is 13.8 Å². The Morgan fingerprint density at radius 1 is 0.706 bits per heavy atom. The van der Waals surface area contributed by atoms with Gasteiger partial charge in [0.05, 0.1) is 33.9 Å². The van der Waals surface area contributed by atoms with Crippen LogP contribution in [0.15, 0.2) is 64.8 Å². The van der Waals surface area contributed by atoms with Crippen LogP contribution in [0.2, 0.25) is 0 Å². The molecule has 2 aromatic carbocycles. The second-order valence-corrected chi connectivity index (χ2v) is 7.57. The molecule has 0 aliphatic carbocycles. The van der Waals surface area contributed by atoms with E-state index in [4.69, 9.17) is 0 Å². The molecule has 0 saturated heterocycles. The van der Waals surface area contributed by atoms with Crippen molar-refractivity contribution in [1.29, 1.82) is 0 Å². The molecule has 3 aromatic rings. The molecule has 0 bridgehead atoms. The van der Waals surface area contributed by atoms with Crippen LogP contribution in [-0.4, -0.2) is 38.6 Å². The van der Waals surface area contributed by atoms with Gasteiger partial charge in [-0.15, -0.1) is 0 Å². The van der Waals surface area contributed by atoms with E-state index in [0.717, 1.165) is 22.5 Å². The van der Waals surface area contributed by atoms with E-state index >= 15 is 0 Å². The zero-order valence-corrected chi connectivity index (χ0v) is 19.2. The summed E-state index contributed by atoms with van der Waals surface area (Å²) in [6.45, 7) is 7.33. The van der Waals surface area contributed by atoms with Gasteiger partial charge < -0.3 is 10.2 Å². The van der Waals surface area contributed by atoms with Crippen molar-refractivity contribution >= 4 is 34.7 Å². The third kappa shape index (κ3) is 5.44. The number of carbonyl (C=O) groups is 2. The maximum absolute atomic E-state index is 11.4. The number of aromatic carboxylic acids is 2. The number of carboxylic acid groups (broad SMARTS) is 2. The van der Waals surface area contributed by atoms with Crippen LogP contribution in [0.4, 0.5) is 11.4 Å². The highest BCUT2D eigenvalue weighted by molar-refractivity contribution is 6.05. The fourth-order valence-electron chi connectivity index (χ4n) is 3.40.